The summed E-state index contributed by atoms with van der Waals surface area (Å²) in [5.74, 6) is -2.16. The number of aliphatic hydroxyl groups is 1. The van der Waals surface area contributed by atoms with Gasteiger partial charge in [-0.2, -0.15) is 13.2 Å². The minimum absolute atomic E-state index is 0.0484. The van der Waals surface area contributed by atoms with Gasteiger partial charge in [0.15, 0.2) is 0 Å². The fraction of sp³-hybridized carbons (Fsp3) is 0.167. The molecule has 186 valence electrons. The summed E-state index contributed by atoms with van der Waals surface area (Å²) in [4.78, 5) is 26.4. The van der Waals surface area contributed by atoms with E-state index in [4.69, 9.17) is 11.6 Å². The van der Waals surface area contributed by atoms with Gasteiger partial charge in [0.1, 0.15) is 11.6 Å². The summed E-state index contributed by atoms with van der Waals surface area (Å²) in [5, 5.41) is 15.7. The van der Waals surface area contributed by atoms with E-state index in [0.717, 1.165) is 24.3 Å². The molecule has 2 heterocycles. The van der Waals surface area contributed by atoms with E-state index in [2.05, 4.69) is 10.6 Å². The van der Waals surface area contributed by atoms with Crippen molar-refractivity contribution < 1.29 is 36.6 Å². The smallest absolute Gasteiger partial charge is 0.375 e. The van der Waals surface area contributed by atoms with Crippen molar-refractivity contribution in [1.29, 1.82) is 0 Å². The fourth-order valence-corrected chi connectivity index (χ4v) is 4.74. The molecule has 3 N–H and O–H groups in total. The highest BCUT2D eigenvalue weighted by atomic mass is 35.5. The number of nitrogens with zero attached hydrogens (tertiary/aromatic N) is 1. The minimum atomic E-state index is -5.20. The maximum Gasteiger partial charge on any atom is 0.423 e. The Morgan fingerprint density at radius 2 is 1.81 bits per heavy atom. The Bertz CT molecular complexity index is 1430. The zero-order chi connectivity index (χ0) is 26.0. The van der Waals surface area contributed by atoms with Gasteiger partial charge in [-0.3, -0.25) is 9.69 Å². The van der Waals surface area contributed by atoms with Crippen LogP contribution in [0.2, 0.25) is 5.02 Å². The molecule has 0 spiro atoms. The number of fused-ring (bicyclic) bond motifs is 2. The lowest BCUT2D eigenvalue weighted by atomic mass is 9.95. The van der Waals surface area contributed by atoms with E-state index in [1.165, 1.54) is 24.3 Å². The lowest BCUT2D eigenvalue weighted by Crippen LogP contribution is -2.48. The van der Waals surface area contributed by atoms with Crippen molar-refractivity contribution in [2.45, 2.75) is 17.8 Å². The first-order chi connectivity index (χ1) is 16.9. The Kier molecular flexibility index (Phi) is 5.45. The second kappa shape index (κ2) is 8.17. The Morgan fingerprint density at radius 1 is 1.11 bits per heavy atom. The van der Waals surface area contributed by atoms with Crippen LogP contribution in [0, 0.1) is 11.6 Å². The number of urea groups is 1. The summed E-state index contributed by atoms with van der Waals surface area (Å²) in [7, 11) is 0. The highest BCUT2D eigenvalue weighted by Gasteiger charge is 2.61. The predicted octanol–water partition coefficient (Wildman–Crippen LogP) is 5.25. The second-order valence-electron chi connectivity index (χ2n) is 8.37. The molecule has 0 bridgehead atoms. The lowest BCUT2D eigenvalue weighted by molar-refractivity contribution is -0.258. The first-order valence-corrected chi connectivity index (χ1v) is 10.8. The Hall–Kier alpha value is -3.70. The largest absolute Gasteiger partial charge is 0.423 e. The number of halogens is 6. The molecular formula is C24H15ClF5N3O3. The topological polar surface area (TPSA) is 81.7 Å². The summed E-state index contributed by atoms with van der Waals surface area (Å²) in [6.45, 7) is -1.22. The summed E-state index contributed by atoms with van der Waals surface area (Å²) in [6.07, 6.45) is -5.20. The summed E-state index contributed by atoms with van der Waals surface area (Å²) < 4.78 is 68.9. The van der Waals surface area contributed by atoms with E-state index in [9.17, 15) is 36.6 Å². The Morgan fingerprint density at radius 3 is 2.53 bits per heavy atom. The van der Waals surface area contributed by atoms with E-state index >= 15 is 0 Å². The van der Waals surface area contributed by atoms with Crippen LogP contribution >= 0.6 is 11.6 Å². The van der Waals surface area contributed by atoms with Crippen LogP contribution < -0.4 is 15.5 Å². The van der Waals surface area contributed by atoms with Crippen LogP contribution in [0.4, 0.5) is 38.1 Å². The maximum atomic E-state index is 13.9. The monoisotopic (exact) mass is 523 g/mol. The zero-order valence-corrected chi connectivity index (χ0v) is 18.7. The molecule has 36 heavy (non-hydrogen) atoms. The van der Waals surface area contributed by atoms with Crippen molar-refractivity contribution >= 4 is 34.9 Å². The molecule has 2 aliphatic heterocycles. The number of benzene rings is 3. The predicted molar refractivity (Wildman–Crippen MR) is 120 cm³/mol. The molecule has 6 nitrogen and oxygen atoms in total. The number of alkyl halides is 3. The number of amides is 3. The number of carbonyl (C=O) groups is 2. The molecule has 0 unspecified atom stereocenters. The van der Waals surface area contributed by atoms with E-state index < -0.39 is 53.5 Å². The standard InChI is InChI=1S/C24H15ClF5N3O3/c25-16-6-4-11(26)8-14(16)20-19-13(21(34)32-20)2-1-3-17(19)31-22(35)33-10-23(36,24(28,29)30)15-9-12(27)5-7-18(15)33/h1-9,20,36H,10H2,(H,31,35)(H,32,34)/t20-,23-/m1/s1. The zero-order valence-electron chi connectivity index (χ0n) is 18.0. The maximum absolute atomic E-state index is 13.9. The molecule has 0 fully saturated rings. The van der Waals surface area contributed by atoms with E-state index in [1.54, 1.807) is 0 Å². The molecule has 2 aliphatic rings. The molecule has 0 saturated carbocycles. The van der Waals surface area contributed by atoms with Crippen molar-refractivity contribution in [3.05, 3.63) is 93.5 Å². The Balaban J connectivity index is 1.54. The number of nitrogens with one attached hydrogen (secondary N) is 2. The molecule has 12 heteroatoms. The van der Waals surface area contributed by atoms with Gasteiger partial charge in [-0.15, -0.1) is 0 Å². The van der Waals surface area contributed by atoms with Gasteiger partial charge in [-0.1, -0.05) is 17.7 Å². The van der Waals surface area contributed by atoms with Crippen LogP contribution in [0.15, 0.2) is 54.6 Å². The molecule has 3 aromatic rings. The van der Waals surface area contributed by atoms with Crippen LogP contribution in [0.25, 0.3) is 0 Å². The van der Waals surface area contributed by atoms with Gasteiger partial charge < -0.3 is 15.7 Å². The molecule has 0 saturated heterocycles. The molecule has 5 rings (SSSR count). The van der Waals surface area contributed by atoms with Crippen LogP contribution in [0.1, 0.15) is 33.1 Å². The van der Waals surface area contributed by atoms with Crippen molar-refractivity contribution in [2.75, 3.05) is 16.8 Å². The molecule has 3 amide bonds. The van der Waals surface area contributed by atoms with Gasteiger partial charge in [0.05, 0.1) is 18.3 Å². The number of anilines is 2. The third-order valence-corrected chi connectivity index (χ3v) is 6.57. The van der Waals surface area contributed by atoms with Gasteiger partial charge in [-0.25, -0.2) is 13.6 Å². The SMILES string of the molecule is O=C1N[C@H](c2cc(F)ccc2Cl)c2c(NC(=O)N3C[C@](O)(C(F)(F)F)c4cc(F)ccc43)cccc21. The van der Waals surface area contributed by atoms with Crippen LogP contribution in [-0.2, 0) is 5.60 Å². The number of hydrogen-bond acceptors (Lipinski definition) is 3. The summed E-state index contributed by atoms with van der Waals surface area (Å²) >= 11 is 6.22. The van der Waals surface area contributed by atoms with Gasteiger partial charge >= 0.3 is 12.2 Å². The second-order valence-corrected chi connectivity index (χ2v) is 8.78. The fourth-order valence-electron chi connectivity index (χ4n) is 4.51. The summed E-state index contributed by atoms with van der Waals surface area (Å²) in [5.41, 5.74) is -3.99. The van der Waals surface area contributed by atoms with Crippen LogP contribution in [0.5, 0.6) is 0 Å². The number of rotatable bonds is 2. The average molecular weight is 524 g/mol. The number of carbonyl (C=O) groups excluding carboxylic acids is 2. The van der Waals surface area contributed by atoms with E-state index in [-0.39, 0.29) is 33.1 Å². The van der Waals surface area contributed by atoms with Crippen LogP contribution in [-0.4, -0.2) is 29.8 Å². The van der Waals surface area contributed by atoms with Gasteiger partial charge in [0.25, 0.3) is 5.91 Å². The molecule has 0 radical (unpaired) electrons. The van der Waals surface area contributed by atoms with E-state index in [0.29, 0.717) is 11.0 Å². The third-order valence-electron chi connectivity index (χ3n) is 6.22. The van der Waals surface area contributed by atoms with Crippen molar-refractivity contribution in [3.8, 4) is 0 Å². The lowest BCUT2D eigenvalue weighted by Gasteiger charge is -2.27. The highest BCUT2D eigenvalue weighted by molar-refractivity contribution is 6.31. The summed E-state index contributed by atoms with van der Waals surface area (Å²) in [6, 6.07) is 8.20. The normalized spacial score (nSPS) is 20.7. The minimum Gasteiger partial charge on any atom is -0.375 e. The number of hydrogen-bond donors (Lipinski definition) is 3. The Labute approximate surface area is 205 Å². The number of β-amino-alcohol motifs (C(OH)–C–C–N with tert-alkyl or cyclic N) is 1. The third kappa shape index (κ3) is 3.66. The van der Waals surface area contributed by atoms with E-state index in [1.807, 2.05) is 0 Å². The van der Waals surface area contributed by atoms with Gasteiger partial charge in [0, 0.05) is 33.0 Å². The average Bonchev–Trinajstić information content (AvgIpc) is 3.31. The quantitative estimate of drug-likeness (QED) is 0.401. The first kappa shape index (κ1) is 24.0. The molecule has 2 atom stereocenters. The van der Waals surface area contributed by atoms with Crippen LogP contribution in [0.3, 0.4) is 0 Å². The molecule has 3 aromatic carbocycles. The van der Waals surface area contributed by atoms with Gasteiger partial charge in [-0.05, 0) is 48.5 Å². The van der Waals surface area contributed by atoms with Crippen molar-refractivity contribution in [2.24, 2.45) is 0 Å². The highest BCUT2D eigenvalue weighted by Crippen LogP contribution is 2.49. The molecule has 0 aliphatic carbocycles. The van der Waals surface area contributed by atoms with Crippen molar-refractivity contribution in [3.63, 3.8) is 0 Å². The van der Waals surface area contributed by atoms with Crippen molar-refractivity contribution in [1.82, 2.24) is 5.32 Å². The first-order valence-electron chi connectivity index (χ1n) is 10.5. The van der Waals surface area contributed by atoms with Gasteiger partial charge in [0.2, 0.25) is 5.60 Å². The molecule has 0 aromatic heterocycles. The molecular weight excluding hydrogens is 509 g/mol.